The van der Waals surface area contributed by atoms with Crippen molar-refractivity contribution in [1.82, 2.24) is 0 Å². The van der Waals surface area contributed by atoms with Crippen LogP contribution >= 0.6 is 11.3 Å². The van der Waals surface area contributed by atoms with Crippen molar-refractivity contribution in [1.29, 1.82) is 0 Å². The zero-order valence-electron chi connectivity index (χ0n) is 15.8. The van der Waals surface area contributed by atoms with Gasteiger partial charge in [-0.15, -0.1) is 11.3 Å². The van der Waals surface area contributed by atoms with E-state index in [1.807, 2.05) is 30.3 Å². The summed E-state index contributed by atoms with van der Waals surface area (Å²) in [4.78, 5) is 13.8. The number of fused-ring (bicyclic) bond motifs is 1. The summed E-state index contributed by atoms with van der Waals surface area (Å²) in [5.41, 5.74) is 1.20. The number of phenolic OH excluding ortho intramolecular Hbond substituents is 1. The minimum absolute atomic E-state index is 0.0916. The van der Waals surface area contributed by atoms with E-state index >= 15 is 0 Å². The normalized spacial score (nSPS) is 24.7. The zero-order chi connectivity index (χ0) is 20.7. The van der Waals surface area contributed by atoms with Gasteiger partial charge in [0, 0.05) is 22.2 Å². The Balaban J connectivity index is 1.74. The number of carbonyl (C=O) groups is 1. The van der Waals surface area contributed by atoms with E-state index in [0.29, 0.717) is 16.0 Å². The van der Waals surface area contributed by atoms with Gasteiger partial charge in [0.05, 0.1) is 23.7 Å². The lowest BCUT2D eigenvalue weighted by Gasteiger charge is -2.37. The Hall–Kier alpha value is -2.29. The summed E-state index contributed by atoms with van der Waals surface area (Å²) in [7, 11) is 0. The standard InChI is InChI=1S/C22H22O6S/c1-11-6-16(24)15(22-21(27)17(25)8-13(10-23)28-22)9-14(11)20(26)19-7-12-4-2-3-5-18(12)29-19/h2-7,9,13,17,21-25,27H,8,10H2,1H3/t13?,17-,21-,22-/m0/s1. The Kier molecular flexibility index (Phi) is 5.42. The second kappa shape index (κ2) is 7.85. The third kappa shape index (κ3) is 3.68. The molecular formula is C22H22O6S. The molecule has 7 heteroatoms. The van der Waals surface area contributed by atoms with Crippen LogP contribution in [0.4, 0.5) is 0 Å². The molecule has 0 bridgehead atoms. The summed E-state index contributed by atoms with van der Waals surface area (Å²) in [5, 5.41) is 41.3. The van der Waals surface area contributed by atoms with Crippen LogP contribution in [-0.4, -0.2) is 51.1 Å². The van der Waals surface area contributed by atoms with Crippen LogP contribution in [0.25, 0.3) is 10.1 Å². The average molecular weight is 414 g/mol. The number of benzene rings is 2. The largest absolute Gasteiger partial charge is 0.508 e. The number of aliphatic hydroxyl groups excluding tert-OH is 3. The molecule has 29 heavy (non-hydrogen) atoms. The Morgan fingerprint density at radius 1 is 1.21 bits per heavy atom. The van der Waals surface area contributed by atoms with Crippen LogP contribution in [0.1, 0.15) is 38.9 Å². The number of ketones is 1. The molecule has 4 N–H and O–H groups in total. The summed E-state index contributed by atoms with van der Waals surface area (Å²) in [6.45, 7) is 1.41. The lowest BCUT2D eigenvalue weighted by molar-refractivity contribution is -0.180. The van der Waals surface area contributed by atoms with Gasteiger partial charge >= 0.3 is 0 Å². The second-order valence-corrected chi connectivity index (χ2v) is 8.44. The van der Waals surface area contributed by atoms with E-state index in [1.54, 1.807) is 6.92 Å². The molecule has 1 aliphatic rings. The van der Waals surface area contributed by atoms with Crippen molar-refractivity contribution in [3.63, 3.8) is 0 Å². The first-order chi connectivity index (χ1) is 13.9. The fourth-order valence-electron chi connectivity index (χ4n) is 3.74. The van der Waals surface area contributed by atoms with Gasteiger partial charge in [0.1, 0.15) is 18.0 Å². The molecule has 1 saturated heterocycles. The minimum Gasteiger partial charge on any atom is -0.508 e. The number of hydrogen-bond acceptors (Lipinski definition) is 7. The van der Waals surface area contributed by atoms with Gasteiger partial charge in [-0.1, -0.05) is 18.2 Å². The Morgan fingerprint density at radius 2 is 1.97 bits per heavy atom. The number of thiophene rings is 1. The third-order valence-electron chi connectivity index (χ3n) is 5.33. The Labute approximate surface area is 171 Å². The molecule has 1 unspecified atom stereocenters. The molecule has 0 aliphatic carbocycles. The molecule has 0 saturated carbocycles. The van der Waals surface area contributed by atoms with Gasteiger partial charge in [0.2, 0.25) is 5.78 Å². The SMILES string of the molecule is Cc1cc(O)c([C@@H]2OC(CO)C[C@H](O)[C@@H]2O)cc1C(=O)c1cc2ccccc2s1. The van der Waals surface area contributed by atoms with Crippen molar-refractivity contribution >= 4 is 27.2 Å². The highest BCUT2D eigenvalue weighted by Gasteiger charge is 2.39. The highest BCUT2D eigenvalue weighted by molar-refractivity contribution is 7.21. The minimum atomic E-state index is -1.28. The highest BCUT2D eigenvalue weighted by Crippen LogP contribution is 2.38. The summed E-state index contributed by atoms with van der Waals surface area (Å²) >= 11 is 1.39. The molecule has 1 aromatic heterocycles. The number of carbonyl (C=O) groups excluding carboxylic acids is 1. The molecule has 2 heterocycles. The van der Waals surface area contributed by atoms with Crippen molar-refractivity contribution in [2.75, 3.05) is 6.61 Å². The van der Waals surface area contributed by atoms with E-state index in [4.69, 9.17) is 4.74 Å². The molecule has 6 nitrogen and oxygen atoms in total. The molecule has 0 radical (unpaired) electrons. The van der Waals surface area contributed by atoms with Crippen LogP contribution in [-0.2, 0) is 4.74 Å². The van der Waals surface area contributed by atoms with Crippen LogP contribution in [0.3, 0.4) is 0 Å². The summed E-state index contributed by atoms with van der Waals surface area (Å²) in [6.07, 6.45) is -4.01. The quantitative estimate of drug-likeness (QED) is 0.489. The van der Waals surface area contributed by atoms with E-state index < -0.39 is 24.4 Å². The molecule has 3 aromatic rings. The number of ether oxygens (including phenoxy) is 1. The Morgan fingerprint density at radius 3 is 2.69 bits per heavy atom. The number of aryl methyl sites for hydroxylation is 1. The maximum atomic E-state index is 13.2. The number of phenols is 1. The van der Waals surface area contributed by atoms with Crippen molar-refractivity contribution in [2.24, 2.45) is 0 Å². The summed E-state index contributed by atoms with van der Waals surface area (Å²) in [5.74, 6) is -0.320. The molecule has 4 rings (SSSR count). The molecule has 0 amide bonds. The van der Waals surface area contributed by atoms with E-state index in [0.717, 1.165) is 10.1 Å². The van der Waals surface area contributed by atoms with E-state index in [1.165, 1.54) is 23.5 Å². The first-order valence-corrected chi connectivity index (χ1v) is 10.2. The highest BCUT2D eigenvalue weighted by atomic mass is 32.1. The first-order valence-electron chi connectivity index (χ1n) is 9.38. The fraction of sp³-hybridized carbons (Fsp3) is 0.318. The van der Waals surface area contributed by atoms with Gasteiger partial charge < -0.3 is 25.2 Å². The van der Waals surface area contributed by atoms with Gasteiger partial charge in [0.15, 0.2) is 0 Å². The maximum Gasteiger partial charge on any atom is 0.203 e. The van der Waals surface area contributed by atoms with Crippen LogP contribution in [0.5, 0.6) is 5.75 Å². The van der Waals surface area contributed by atoms with E-state index in [9.17, 15) is 25.2 Å². The van der Waals surface area contributed by atoms with Crippen LogP contribution < -0.4 is 0 Å². The van der Waals surface area contributed by atoms with Gasteiger partial charge in [-0.25, -0.2) is 0 Å². The second-order valence-electron chi connectivity index (χ2n) is 7.36. The van der Waals surface area contributed by atoms with Gasteiger partial charge in [-0.3, -0.25) is 4.79 Å². The predicted octanol–water partition coefficient (Wildman–Crippen LogP) is 2.69. The van der Waals surface area contributed by atoms with Crippen molar-refractivity contribution in [3.05, 3.63) is 64.0 Å². The number of aromatic hydroxyl groups is 1. The molecule has 2 aromatic carbocycles. The molecule has 1 fully saturated rings. The number of hydrogen-bond donors (Lipinski definition) is 4. The van der Waals surface area contributed by atoms with Gasteiger partial charge in [-0.05, 0) is 42.1 Å². The molecular weight excluding hydrogens is 392 g/mol. The van der Waals surface area contributed by atoms with Gasteiger partial charge in [-0.2, -0.15) is 0 Å². The zero-order valence-corrected chi connectivity index (χ0v) is 16.6. The lowest BCUT2D eigenvalue weighted by Crippen LogP contribution is -2.44. The van der Waals surface area contributed by atoms with Crippen molar-refractivity contribution in [2.45, 2.75) is 37.8 Å². The molecule has 152 valence electrons. The van der Waals surface area contributed by atoms with Gasteiger partial charge in [0.25, 0.3) is 0 Å². The van der Waals surface area contributed by atoms with Crippen LogP contribution in [0, 0.1) is 6.92 Å². The molecule has 1 aliphatic heterocycles. The van der Waals surface area contributed by atoms with E-state index in [-0.39, 0.29) is 30.1 Å². The first kappa shape index (κ1) is 20.0. The summed E-state index contributed by atoms with van der Waals surface area (Å²) < 4.78 is 6.69. The summed E-state index contributed by atoms with van der Waals surface area (Å²) in [6, 6.07) is 12.5. The van der Waals surface area contributed by atoms with Crippen molar-refractivity contribution in [3.8, 4) is 5.75 Å². The lowest BCUT2D eigenvalue weighted by atomic mass is 9.90. The predicted molar refractivity (Wildman–Crippen MR) is 109 cm³/mol. The fourth-order valence-corrected chi connectivity index (χ4v) is 4.75. The number of aliphatic hydroxyl groups is 3. The van der Waals surface area contributed by atoms with E-state index in [2.05, 4.69) is 0 Å². The topological polar surface area (TPSA) is 107 Å². The van der Waals surface area contributed by atoms with Crippen LogP contribution in [0.15, 0.2) is 42.5 Å². The maximum absolute atomic E-state index is 13.2. The molecule has 4 atom stereocenters. The monoisotopic (exact) mass is 414 g/mol. The van der Waals surface area contributed by atoms with Crippen LogP contribution in [0.2, 0.25) is 0 Å². The molecule has 0 spiro atoms. The van der Waals surface area contributed by atoms with Crippen molar-refractivity contribution < 1.29 is 30.0 Å². The Bertz CT molecular complexity index is 1030. The number of rotatable bonds is 4. The average Bonchev–Trinajstić information content (AvgIpc) is 3.14. The third-order valence-corrected chi connectivity index (χ3v) is 6.44. The smallest absolute Gasteiger partial charge is 0.203 e.